The molecule has 0 radical (unpaired) electrons. The van der Waals surface area contributed by atoms with Gasteiger partial charge in [0.25, 0.3) is 0 Å². The van der Waals surface area contributed by atoms with E-state index < -0.39 is 0 Å². The van der Waals surface area contributed by atoms with Crippen LogP contribution in [-0.2, 0) is 11.8 Å². The summed E-state index contributed by atoms with van der Waals surface area (Å²) in [6.45, 7) is 3.14. The topological polar surface area (TPSA) is 89.8 Å². The van der Waals surface area contributed by atoms with E-state index in [1.165, 1.54) is 0 Å². The van der Waals surface area contributed by atoms with Crippen LogP contribution >= 0.6 is 0 Å². The van der Waals surface area contributed by atoms with Crippen LogP contribution in [0.15, 0.2) is 30.9 Å². The van der Waals surface area contributed by atoms with Crippen molar-refractivity contribution in [2.45, 2.75) is 6.10 Å². The van der Waals surface area contributed by atoms with Crippen molar-refractivity contribution in [3.63, 3.8) is 0 Å². The van der Waals surface area contributed by atoms with E-state index in [1.807, 2.05) is 19.3 Å². The summed E-state index contributed by atoms with van der Waals surface area (Å²) in [5.74, 6) is 0.716. The summed E-state index contributed by atoms with van der Waals surface area (Å²) >= 11 is 0. The molecule has 1 aliphatic heterocycles. The van der Waals surface area contributed by atoms with Crippen molar-refractivity contribution in [1.29, 1.82) is 0 Å². The van der Waals surface area contributed by atoms with Gasteiger partial charge in [0.1, 0.15) is 5.52 Å². The van der Waals surface area contributed by atoms with Gasteiger partial charge in [0.15, 0.2) is 5.82 Å². The van der Waals surface area contributed by atoms with Crippen LogP contribution in [0.1, 0.15) is 0 Å². The van der Waals surface area contributed by atoms with Crippen LogP contribution in [0.2, 0.25) is 0 Å². The third kappa shape index (κ3) is 3.06. The van der Waals surface area contributed by atoms with Crippen LogP contribution < -0.4 is 10.6 Å². The molecule has 4 heterocycles. The van der Waals surface area contributed by atoms with Gasteiger partial charge in [-0.1, -0.05) is 0 Å². The Kier molecular flexibility index (Phi) is 4.06. The lowest BCUT2D eigenvalue weighted by Crippen LogP contribution is -2.42. The number of nitrogens with zero attached hydrogens (tertiary/aromatic N) is 5. The smallest absolute Gasteiger partial charge is 0.154 e. The number of rotatable bonds is 4. The lowest BCUT2D eigenvalue weighted by molar-refractivity contribution is 0.0372. The standard InChI is InChI=1S/C16H19N7O/c1-23-10-11(7-21-23)13-6-14-15(19-3-2-18-14)16(22-13)20-9-12-8-17-4-5-24-12/h2-3,6-7,10,12,17H,4-5,8-9H2,1H3,(H,20,22)/t12-/m1/s1. The zero-order chi connectivity index (χ0) is 16.4. The average molecular weight is 325 g/mol. The highest BCUT2D eigenvalue weighted by atomic mass is 16.5. The number of aromatic nitrogens is 5. The number of hydrogen-bond donors (Lipinski definition) is 2. The van der Waals surface area contributed by atoms with Crippen molar-refractivity contribution in [3.8, 4) is 11.3 Å². The Morgan fingerprint density at radius 3 is 3.08 bits per heavy atom. The number of anilines is 1. The SMILES string of the molecule is Cn1cc(-c2cc3nccnc3c(NC[C@H]3CNCCO3)n2)cn1. The largest absolute Gasteiger partial charge is 0.374 e. The molecular formula is C16H19N7O. The van der Waals surface area contributed by atoms with Crippen LogP contribution in [-0.4, -0.2) is 57.1 Å². The average Bonchev–Trinajstić information content (AvgIpc) is 3.07. The van der Waals surface area contributed by atoms with Gasteiger partial charge in [-0.3, -0.25) is 9.67 Å². The van der Waals surface area contributed by atoms with Gasteiger partial charge in [0.05, 0.1) is 30.1 Å². The van der Waals surface area contributed by atoms with Crippen molar-refractivity contribution in [3.05, 3.63) is 30.9 Å². The van der Waals surface area contributed by atoms with Gasteiger partial charge in [-0.15, -0.1) is 0 Å². The molecule has 1 saturated heterocycles. The summed E-state index contributed by atoms with van der Waals surface area (Å²) < 4.78 is 7.48. The first-order valence-corrected chi connectivity index (χ1v) is 7.96. The Morgan fingerprint density at radius 2 is 2.29 bits per heavy atom. The third-order valence-electron chi connectivity index (χ3n) is 3.96. The maximum atomic E-state index is 5.73. The van der Waals surface area contributed by atoms with E-state index in [0.717, 1.165) is 42.0 Å². The molecular weight excluding hydrogens is 306 g/mol. The van der Waals surface area contributed by atoms with E-state index in [4.69, 9.17) is 9.72 Å². The molecule has 24 heavy (non-hydrogen) atoms. The lowest BCUT2D eigenvalue weighted by Gasteiger charge is -2.24. The van der Waals surface area contributed by atoms with Gasteiger partial charge < -0.3 is 15.4 Å². The monoisotopic (exact) mass is 325 g/mol. The van der Waals surface area contributed by atoms with E-state index in [-0.39, 0.29) is 6.10 Å². The molecule has 0 aromatic carbocycles. The molecule has 0 saturated carbocycles. The molecule has 3 aromatic heterocycles. The predicted molar refractivity (Wildman–Crippen MR) is 90.6 cm³/mol. The molecule has 0 bridgehead atoms. The molecule has 8 nitrogen and oxygen atoms in total. The summed E-state index contributed by atoms with van der Waals surface area (Å²) in [5, 5.41) is 10.9. The second-order valence-electron chi connectivity index (χ2n) is 5.76. The van der Waals surface area contributed by atoms with Crippen molar-refractivity contribution in [2.24, 2.45) is 7.05 Å². The van der Waals surface area contributed by atoms with E-state index >= 15 is 0 Å². The van der Waals surface area contributed by atoms with Crippen molar-refractivity contribution in [2.75, 3.05) is 31.6 Å². The quantitative estimate of drug-likeness (QED) is 0.734. The van der Waals surface area contributed by atoms with Gasteiger partial charge in [-0.05, 0) is 6.07 Å². The minimum absolute atomic E-state index is 0.120. The van der Waals surface area contributed by atoms with Gasteiger partial charge >= 0.3 is 0 Å². The number of morpholine rings is 1. The highest BCUT2D eigenvalue weighted by molar-refractivity contribution is 5.88. The number of nitrogens with one attached hydrogen (secondary N) is 2. The molecule has 1 fully saturated rings. The molecule has 4 rings (SSSR count). The third-order valence-corrected chi connectivity index (χ3v) is 3.96. The number of fused-ring (bicyclic) bond motifs is 1. The second kappa shape index (κ2) is 6.50. The molecule has 0 spiro atoms. The van der Waals surface area contributed by atoms with Crippen LogP contribution in [0.5, 0.6) is 0 Å². The fraction of sp³-hybridized carbons (Fsp3) is 0.375. The van der Waals surface area contributed by atoms with Gasteiger partial charge in [0.2, 0.25) is 0 Å². The van der Waals surface area contributed by atoms with Crippen LogP contribution in [0.3, 0.4) is 0 Å². The van der Waals surface area contributed by atoms with Crippen LogP contribution in [0, 0.1) is 0 Å². The van der Waals surface area contributed by atoms with Crippen LogP contribution in [0.4, 0.5) is 5.82 Å². The first-order chi connectivity index (χ1) is 11.8. The predicted octanol–water partition coefficient (Wildman–Crippen LogP) is 0.826. The number of ether oxygens (including phenoxy) is 1. The molecule has 2 N–H and O–H groups in total. The lowest BCUT2D eigenvalue weighted by atomic mass is 10.2. The Bertz CT molecular complexity index is 841. The molecule has 0 aliphatic carbocycles. The Hall–Kier alpha value is -2.58. The zero-order valence-electron chi connectivity index (χ0n) is 13.4. The maximum absolute atomic E-state index is 5.73. The maximum Gasteiger partial charge on any atom is 0.154 e. The molecule has 8 heteroatoms. The van der Waals surface area contributed by atoms with E-state index in [0.29, 0.717) is 12.4 Å². The van der Waals surface area contributed by atoms with E-state index in [9.17, 15) is 0 Å². The molecule has 0 unspecified atom stereocenters. The highest BCUT2D eigenvalue weighted by Gasteiger charge is 2.15. The first-order valence-electron chi connectivity index (χ1n) is 7.96. The summed E-state index contributed by atoms with van der Waals surface area (Å²) in [5.41, 5.74) is 3.33. The number of aryl methyl sites for hydroxylation is 1. The Labute approximate surface area is 139 Å². The molecule has 0 amide bonds. The first kappa shape index (κ1) is 15.0. The van der Waals surface area contributed by atoms with Gasteiger partial charge in [-0.2, -0.15) is 5.10 Å². The minimum Gasteiger partial charge on any atom is -0.374 e. The summed E-state index contributed by atoms with van der Waals surface area (Å²) in [4.78, 5) is 13.6. The Balaban J connectivity index is 1.66. The van der Waals surface area contributed by atoms with Crippen molar-refractivity contribution >= 4 is 16.9 Å². The summed E-state index contributed by atoms with van der Waals surface area (Å²) in [6, 6.07) is 1.93. The number of pyridine rings is 1. The molecule has 1 aliphatic rings. The van der Waals surface area contributed by atoms with Crippen LogP contribution in [0.25, 0.3) is 22.3 Å². The number of hydrogen-bond acceptors (Lipinski definition) is 7. The van der Waals surface area contributed by atoms with Gasteiger partial charge in [-0.25, -0.2) is 9.97 Å². The zero-order valence-corrected chi connectivity index (χ0v) is 13.4. The summed E-state index contributed by atoms with van der Waals surface area (Å²) in [6.07, 6.45) is 7.21. The van der Waals surface area contributed by atoms with Crippen molar-refractivity contribution < 1.29 is 4.74 Å². The van der Waals surface area contributed by atoms with Gasteiger partial charge in [0, 0.05) is 50.8 Å². The normalized spacial score (nSPS) is 18.0. The molecule has 1 atom stereocenters. The minimum atomic E-state index is 0.120. The molecule has 124 valence electrons. The Morgan fingerprint density at radius 1 is 1.38 bits per heavy atom. The summed E-state index contributed by atoms with van der Waals surface area (Å²) in [7, 11) is 1.89. The van der Waals surface area contributed by atoms with Crippen molar-refractivity contribution in [1.82, 2.24) is 30.0 Å². The van der Waals surface area contributed by atoms with E-state index in [1.54, 1.807) is 23.3 Å². The molecule has 3 aromatic rings. The second-order valence-corrected chi connectivity index (χ2v) is 5.76. The fourth-order valence-electron chi connectivity index (χ4n) is 2.76. The van der Waals surface area contributed by atoms with E-state index in [2.05, 4.69) is 25.7 Å². The fourth-order valence-corrected chi connectivity index (χ4v) is 2.76. The highest BCUT2D eigenvalue weighted by Crippen LogP contribution is 2.25.